The van der Waals surface area contributed by atoms with E-state index in [4.69, 9.17) is 4.52 Å². The fourth-order valence-corrected chi connectivity index (χ4v) is 3.53. The number of aromatic nitrogens is 2. The average Bonchev–Trinajstić information content (AvgIpc) is 2.93. The van der Waals surface area contributed by atoms with Gasteiger partial charge in [0, 0.05) is 40.3 Å². The van der Waals surface area contributed by atoms with Crippen molar-refractivity contribution in [2.24, 2.45) is 0 Å². The van der Waals surface area contributed by atoms with Crippen LogP contribution in [-0.2, 0) is 10.0 Å². The first-order chi connectivity index (χ1) is 10.8. The van der Waals surface area contributed by atoms with Gasteiger partial charge in [-0.25, -0.2) is 12.7 Å². The Hall–Kier alpha value is -1.03. The van der Waals surface area contributed by atoms with Gasteiger partial charge in [-0.3, -0.25) is 4.90 Å². The zero-order valence-corrected chi connectivity index (χ0v) is 15.2. The number of rotatable bonds is 7. The van der Waals surface area contributed by atoms with Crippen molar-refractivity contribution >= 4 is 10.0 Å². The quantitative estimate of drug-likeness (QED) is 0.704. The fourth-order valence-electron chi connectivity index (χ4n) is 2.67. The van der Waals surface area contributed by atoms with Gasteiger partial charge in [0.15, 0.2) is 5.82 Å². The van der Waals surface area contributed by atoms with E-state index in [1.165, 1.54) is 4.31 Å². The minimum absolute atomic E-state index is 0.118. The zero-order valence-electron chi connectivity index (χ0n) is 14.4. The molecule has 0 aliphatic carbocycles. The van der Waals surface area contributed by atoms with Gasteiger partial charge in [0.05, 0.1) is 11.8 Å². The highest BCUT2D eigenvalue weighted by molar-refractivity contribution is 7.89. The SMILES string of the molecule is Cc1noc(C(C)N2CCN(CCCS(=O)(=O)N(C)C)CC2)n1. The lowest BCUT2D eigenvalue weighted by Crippen LogP contribution is -2.47. The van der Waals surface area contributed by atoms with Crippen molar-refractivity contribution in [2.45, 2.75) is 26.3 Å². The summed E-state index contributed by atoms with van der Waals surface area (Å²) in [6, 6.07) is 0.118. The molecule has 2 rings (SSSR count). The summed E-state index contributed by atoms with van der Waals surface area (Å²) in [5.41, 5.74) is 0. The van der Waals surface area contributed by atoms with Crippen molar-refractivity contribution < 1.29 is 12.9 Å². The summed E-state index contributed by atoms with van der Waals surface area (Å²) in [5.74, 6) is 1.53. The maximum atomic E-state index is 11.7. The van der Waals surface area contributed by atoms with Gasteiger partial charge in [-0.1, -0.05) is 5.16 Å². The molecule has 1 unspecified atom stereocenters. The molecule has 1 aliphatic heterocycles. The van der Waals surface area contributed by atoms with Gasteiger partial charge < -0.3 is 9.42 Å². The average molecular weight is 345 g/mol. The van der Waals surface area contributed by atoms with Gasteiger partial charge in [-0.05, 0) is 26.8 Å². The largest absolute Gasteiger partial charge is 0.338 e. The Labute approximate surface area is 138 Å². The molecule has 1 aliphatic rings. The van der Waals surface area contributed by atoms with Gasteiger partial charge in [0.25, 0.3) is 0 Å². The highest BCUT2D eigenvalue weighted by Crippen LogP contribution is 2.20. The summed E-state index contributed by atoms with van der Waals surface area (Å²) >= 11 is 0. The maximum absolute atomic E-state index is 11.7. The molecule has 132 valence electrons. The minimum Gasteiger partial charge on any atom is -0.338 e. The molecule has 1 aromatic rings. The molecule has 0 amide bonds. The summed E-state index contributed by atoms with van der Waals surface area (Å²) in [4.78, 5) is 8.93. The third-order valence-corrected chi connectivity index (χ3v) is 6.21. The zero-order chi connectivity index (χ0) is 17.0. The minimum atomic E-state index is -3.09. The van der Waals surface area contributed by atoms with Crippen molar-refractivity contribution in [3.8, 4) is 0 Å². The third-order valence-electron chi connectivity index (χ3n) is 4.29. The van der Waals surface area contributed by atoms with Crippen LogP contribution < -0.4 is 0 Å². The van der Waals surface area contributed by atoms with E-state index in [1.54, 1.807) is 14.1 Å². The lowest BCUT2D eigenvalue weighted by Gasteiger charge is -2.36. The second kappa shape index (κ2) is 7.69. The number of aryl methyl sites for hydroxylation is 1. The van der Waals surface area contributed by atoms with Crippen molar-refractivity contribution in [3.63, 3.8) is 0 Å². The number of nitrogens with zero attached hydrogens (tertiary/aromatic N) is 5. The molecule has 0 aromatic carbocycles. The van der Waals surface area contributed by atoms with E-state index in [-0.39, 0.29) is 11.8 Å². The molecule has 0 bridgehead atoms. The van der Waals surface area contributed by atoms with Gasteiger partial charge in [-0.15, -0.1) is 0 Å². The molecule has 1 fully saturated rings. The molecular formula is C14H27N5O3S. The van der Waals surface area contributed by atoms with Gasteiger partial charge in [0.2, 0.25) is 15.9 Å². The highest BCUT2D eigenvalue weighted by Gasteiger charge is 2.25. The third kappa shape index (κ3) is 4.97. The summed E-state index contributed by atoms with van der Waals surface area (Å²) in [5, 5.41) is 3.84. The van der Waals surface area contributed by atoms with Gasteiger partial charge >= 0.3 is 0 Å². The molecule has 2 heterocycles. The molecule has 1 atom stereocenters. The van der Waals surface area contributed by atoms with E-state index >= 15 is 0 Å². The fraction of sp³-hybridized carbons (Fsp3) is 0.857. The van der Waals surface area contributed by atoms with E-state index in [0.717, 1.165) is 32.7 Å². The van der Waals surface area contributed by atoms with Crippen LogP contribution >= 0.6 is 0 Å². The van der Waals surface area contributed by atoms with Crippen LogP contribution in [0.1, 0.15) is 31.1 Å². The predicted octanol–water partition coefficient (Wildman–Crippen LogP) is 0.338. The van der Waals surface area contributed by atoms with Crippen LogP contribution in [0.4, 0.5) is 0 Å². The first kappa shape index (κ1) is 18.3. The van der Waals surface area contributed by atoms with E-state index < -0.39 is 10.0 Å². The summed E-state index contributed by atoms with van der Waals surface area (Å²) in [6.07, 6.45) is 0.666. The van der Waals surface area contributed by atoms with Crippen LogP contribution in [0.15, 0.2) is 4.52 Å². The summed E-state index contributed by atoms with van der Waals surface area (Å²) < 4.78 is 30.0. The molecule has 8 nitrogen and oxygen atoms in total. The van der Waals surface area contributed by atoms with Gasteiger partial charge in [-0.2, -0.15) is 4.98 Å². The molecule has 0 saturated carbocycles. The van der Waals surface area contributed by atoms with E-state index in [9.17, 15) is 8.42 Å². The number of hydrogen-bond donors (Lipinski definition) is 0. The topological polar surface area (TPSA) is 82.8 Å². The lowest BCUT2D eigenvalue weighted by molar-refractivity contribution is 0.0885. The molecule has 1 saturated heterocycles. The predicted molar refractivity (Wildman–Crippen MR) is 87.6 cm³/mol. The second-order valence-corrected chi connectivity index (χ2v) is 8.49. The van der Waals surface area contributed by atoms with Crippen LogP contribution in [0.25, 0.3) is 0 Å². The number of sulfonamides is 1. The monoisotopic (exact) mass is 345 g/mol. The first-order valence-corrected chi connectivity index (χ1v) is 9.57. The van der Waals surface area contributed by atoms with Crippen LogP contribution in [-0.4, -0.2) is 85.2 Å². The molecule has 0 spiro atoms. The van der Waals surface area contributed by atoms with Gasteiger partial charge in [0.1, 0.15) is 0 Å². The van der Waals surface area contributed by atoms with Crippen molar-refractivity contribution in [2.75, 3.05) is 52.6 Å². The number of piperazine rings is 1. The Morgan fingerprint density at radius 2 is 1.91 bits per heavy atom. The van der Waals surface area contributed by atoms with Crippen LogP contribution in [0.3, 0.4) is 0 Å². The van der Waals surface area contributed by atoms with E-state index in [1.807, 2.05) is 6.92 Å². The van der Waals surface area contributed by atoms with Crippen molar-refractivity contribution in [1.82, 2.24) is 24.2 Å². The Morgan fingerprint density at radius 3 is 2.43 bits per heavy atom. The van der Waals surface area contributed by atoms with Crippen LogP contribution in [0.2, 0.25) is 0 Å². The first-order valence-electron chi connectivity index (χ1n) is 7.96. The molecule has 1 aromatic heterocycles. The van der Waals surface area contributed by atoms with E-state index in [0.29, 0.717) is 18.1 Å². The van der Waals surface area contributed by atoms with Crippen molar-refractivity contribution in [3.05, 3.63) is 11.7 Å². The maximum Gasteiger partial charge on any atom is 0.243 e. The summed E-state index contributed by atoms with van der Waals surface area (Å²) in [6.45, 7) is 8.41. The molecule has 0 N–H and O–H groups in total. The lowest BCUT2D eigenvalue weighted by atomic mass is 10.2. The van der Waals surface area contributed by atoms with E-state index in [2.05, 4.69) is 26.9 Å². The standard InChI is InChI=1S/C14H27N5O3S/c1-12(14-15-13(2)16-22-14)19-9-7-18(8-10-19)6-5-11-23(20,21)17(3)4/h12H,5-11H2,1-4H3. The van der Waals surface area contributed by atoms with Crippen molar-refractivity contribution in [1.29, 1.82) is 0 Å². The Kier molecular flexibility index (Phi) is 6.12. The molecule has 23 heavy (non-hydrogen) atoms. The Bertz CT molecular complexity index is 593. The molecular weight excluding hydrogens is 318 g/mol. The van der Waals surface area contributed by atoms with Crippen LogP contribution in [0, 0.1) is 6.92 Å². The normalized spacial score (nSPS) is 19.3. The second-order valence-electron chi connectivity index (χ2n) is 6.19. The summed E-state index contributed by atoms with van der Waals surface area (Å²) in [7, 11) is 0.0679. The van der Waals surface area contributed by atoms with Crippen LogP contribution in [0.5, 0.6) is 0 Å². The Morgan fingerprint density at radius 1 is 1.26 bits per heavy atom. The smallest absolute Gasteiger partial charge is 0.243 e. The number of hydrogen-bond acceptors (Lipinski definition) is 7. The molecule has 9 heteroatoms. The molecule has 0 radical (unpaired) electrons. The highest BCUT2D eigenvalue weighted by atomic mass is 32.2. The Balaban J connectivity index is 1.74.